The normalized spacial score (nSPS) is 32.6. The van der Waals surface area contributed by atoms with Crippen LogP contribution in [-0.2, 0) is 14.3 Å². The molecule has 0 bridgehead atoms. The molecule has 5 nitrogen and oxygen atoms in total. The third kappa shape index (κ3) is 3.43. The first-order chi connectivity index (χ1) is 8.15. The molecule has 5 heteroatoms. The number of aliphatic carboxylic acids is 1. The van der Waals surface area contributed by atoms with Gasteiger partial charge in [-0.25, -0.2) is 0 Å². The highest BCUT2D eigenvalue weighted by molar-refractivity contribution is 5.77. The van der Waals surface area contributed by atoms with Crippen molar-refractivity contribution in [3.8, 4) is 0 Å². The Balaban J connectivity index is 1.70. The fourth-order valence-corrected chi connectivity index (χ4v) is 2.64. The van der Waals surface area contributed by atoms with Gasteiger partial charge in [0.1, 0.15) is 0 Å². The van der Waals surface area contributed by atoms with Crippen molar-refractivity contribution in [2.75, 3.05) is 6.61 Å². The maximum atomic E-state index is 11.7. The monoisotopic (exact) mass is 241 g/mol. The molecule has 0 aromatic heterocycles. The van der Waals surface area contributed by atoms with Crippen molar-refractivity contribution in [1.82, 2.24) is 5.32 Å². The number of hydrogen-bond donors (Lipinski definition) is 2. The number of nitrogens with one attached hydrogen (secondary N) is 1. The molecule has 1 aliphatic heterocycles. The van der Waals surface area contributed by atoms with E-state index in [-0.39, 0.29) is 24.0 Å². The van der Waals surface area contributed by atoms with E-state index in [1.807, 2.05) is 0 Å². The molecule has 17 heavy (non-hydrogen) atoms. The Kier molecular flexibility index (Phi) is 3.99. The zero-order valence-electron chi connectivity index (χ0n) is 9.85. The molecule has 2 aliphatic rings. The van der Waals surface area contributed by atoms with Crippen molar-refractivity contribution >= 4 is 11.9 Å². The predicted octanol–water partition coefficient (Wildman–Crippen LogP) is 0.925. The van der Waals surface area contributed by atoms with Crippen LogP contribution >= 0.6 is 0 Å². The molecular weight excluding hydrogens is 222 g/mol. The lowest BCUT2D eigenvalue weighted by atomic mass is 10.1. The molecule has 1 aliphatic carbocycles. The summed E-state index contributed by atoms with van der Waals surface area (Å²) in [5.41, 5.74) is 0. The summed E-state index contributed by atoms with van der Waals surface area (Å²) in [6.45, 7) is 0.752. The summed E-state index contributed by atoms with van der Waals surface area (Å²) in [6.07, 6.45) is 4.46. The van der Waals surface area contributed by atoms with Gasteiger partial charge in [0.15, 0.2) is 0 Å². The van der Waals surface area contributed by atoms with Crippen LogP contribution in [0, 0.1) is 5.92 Å². The van der Waals surface area contributed by atoms with Gasteiger partial charge in [-0.1, -0.05) is 0 Å². The van der Waals surface area contributed by atoms with E-state index in [2.05, 4.69) is 5.32 Å². The van der Waals surface area contributed by atoms with Crippen molar-refractivity contribution in [2.24, 2.45) is 5.92 Å². The lowest BCUT2D eigenvalue weighted by molar-refractivity contribution is -0.141. The first-order valence-corrected chi connectivity index (χ1v) is 6.29. The first kappa shape index (κ1) is 12.4. The first-order valence-electron chi connectivity index (χ1n) is 6.29. The molecule has 0 radical (unpaired) electrons. The standard InChI is InChI=1S/C12H19NO4/c14-11(7-10-2-1-5-17-10)13-9-4-3-8(6-9)12(15)16/h8-10H,1-7H2,(H,13,14)(H,15,16). The number of carboxylic acid groups (broad SMARTS) is 1. The number of carbonyl (C=O) groups is 2. The van der Waals surface area contributed by atoms with E-state index >= 15 is 0 Å². The number of amides is 1. The minimum atomic E-state index is -0.749. The van der Waals surface area contributed by atoms with Crippen LogP contribution in [0.25, 0.3) is 0 Å². The van der Waals surface area contributed by atoms with Gasteiger partial charge in [0, 0.05) is 12.6 Å². The minimum Gasteiger partial charge on any atom is -0.481 e. The van der Waals surface area contributed by atoms with Gasteiger partial charge in [-0.15, -0.1) is 0 Å². The van der Waals surface area contributed by atoms with E-state index in [0.717, 1.165) is 25.9 Å². The maximum Gasteiger partial charge on any atom is 0.306 e. The number of rotatable bonds is 4. The summed E-state index contributed by atoms with van der Waals surface area (Å²) in [4.78, 5) is 22.5. The highest BCUT2D eigenvalue weighted by atomic mass is 16.5. The highest BCUT2D eigenvalue weighted by Gasteiger charge is 2.31. The molecule has 0 spiro atoms. The third-order valence-electron chi connectivity index (χ3n) is 3.58. The van der Waals surface area contributed by atoms with Gasteiger partial charge in [-0.2, -0.15) is 0 Å². The molecule has 1 heterocycles. The second-order valence-corrected chi connectivity index (χ2v) is 4.95. The lowest BCUT2D eigenvalue weighted by Crippen LogP contribution is -2.35. The average Bonchev–Trinajstić information content (AvgIpc) is 2.88. The molecule has 2 fully saturated rings. The topological polar surface area (TPSA) is 75.6 Å². The van der Waals surface area contributed by atoms with Crippen molar-refractivity contribution in [2.45, 2.75) is 50.7 Å². The summed E-state index contributed by atoms with van der Waals surface area (Å²) < 4.78 is 5.39. The van der Waals surface area contributed by atoms with Crippen LogP contribution in [0.5, 0.6) is 0 Å². The van der Waals surface area contributed by atoms with E-state index in [1.165, 1.54) is 0 Å². The van der Waals surface area contributed by atoms with Crippen LogP contribution < -0.4 is 5.32 Å². The van der Waals surface area contributed by atoms with Crippen LogP contribution in [0.3, 0.4) is 0 Å². The Morgan fingerprint density at radius 1 is 1.29 bits per heavy atom. The molecule has 1 amide bonds. The van der Waals surface area contributed by atoms with Crippen molar-refractivity contribution in [3.05, 3.63) is 0 Å². The van der Waals surface area contributed by atoms with Crippen LogP contribution in [-0.4, -0.2) is 35.7 Å². The van der Waals surface area contributed by atoms with Crippen LogP contribution in [0.15, 0.2) is 0 Å². The minimum absolute atomic E-state index is 0.00654. The Morgan fingerprint density at radius 3 is 2.71 bits per heavy atom. The number of carbonyl (C=O) groups excluding carboxylic acids is 1. The van der Waals surface area contributed by atoms with Crippen LogP contribution in [0.2, 0.25) is 0 Å². The quantitative estimate of drug-likeness (QED) is 0.767. The highest BCUT2D eigenvalue weighted by Crippen LogP contribution is 2.26. The van der Waals surface area contributed by atoms with E-state index in [9.17, 15) is 9.59 Å². The fraction of sp³-hybridized carbons (Fsp3) is 0.833. The zero-order chi connectivity index (χ0) is 12.3. The molecular formula is C12H19NO4. The molecule has 3 atom stereocenters. The Morgan fingerprint density at radius 2 is 2.12 bits per heavy atom. The van der Waals surface area contributed by atoms with Crippen molar-refractivity contribution < 1.29 is 19.4 Å². The van der Waals surface area contributed by atoms with Crippen molar-refractivity contribution in [1.29, 1.82) is 0 Å². The predicted molar refractivity (Wildman–Crippen MR) is 60.5 cm³/mol. The van der Waals surface area contributed by atoms with Crippen molar-refractivity contribution in [3.63, 3.8) is 0 Å². The Bertz CT molecular complexity index is 299. The molecule has 1 saturated carbocycles. The summed E-state index contributed by atoms with van der Waals surface area (Å²) in [5.74, 6) is -1.04. The molecule has 0 aromatic carbocycles. The molecule has 96 valence electrons. The summed E-state index contributed by atoms with van der Waals surface area (Å²) in [7, 11) is 0. The fourth-order valence-electron chi connectivity index (χ4n) is 2.64. The number of hydrogen-bond acceptors (Lipinski definition) is 3. The molecule has 3 unspecified atom stereocenters. The summed E-state index contributed by atoms with van der Waals surface area (Å²) in [6, 6.07) is 0.0324. The van der Waals surface area contributed by atoms with Gasteiger partial charge in [0.2, 0.25) is 5.91 Å². The maximum absolute atomic E-state index is 11.7. The molecule has 0 aromatic rings. The van der Waals surface area contributed by atoms with E-state index < -0.39 is 5.97 Å². The second-order valence-electron chi connectivity index (χ2n) is 4.95. The smallest absolute Gasteiger partial charge is 0.306 e. The Hall–Kier alpha value is -1.10. The van der Waals surface area contributed by atoms with Crippen LogP contribution in [0.1, 0.15) is 38.5 Å². The van der Waals surface area contributed by atoms with Gasteiger partial charge in [-0.05, 0) is 32.1 Å². The zero-order valence-corrected chi connectivity index (χ0v) is 9.85. The van der Waals surface area contributed by atoms with Crippen LogP contribution in [0.4, 0.5) is 0 Å². The summed E-state index contributed by atoms with van der Waals surface area (Å²) in [5, 5.41) is 11.8. The molecule has 1 saturated heterocycles. The lowest BCUT2D eigenvalue weighted by Gasteiger charge is -2.14. The van der Waals surface area contributed by atoms with Gasteiger partial charge in [-0.3, -0.25) is 9.59 Å². The van der Waals surface area contributed by atoms with Gasteiger partial charge in [0.05, 0.1) is 18.4 Å². The largest absolute Gasteiger partial charge is 0.481 e. The van der Waals surface area contributed by atoms with E-state index in [1.54, 1.807) is 0 Å². The van der Waals surface area contributed by atoms with Gasteiger partial charge in [0.25, 0.3) is 0 Å². The number of ether oxygens (including phenoxy) is 1. The average molecular weight is 241 g/mol. The Labute approximate surface area is 101 Å². The van der Waals surface area contributed by atoms with Gasteiger partial charge < -0.3 is 15.2 Å². The number of carboxylic acids is 1. The second kappa shape index (κ2) is 5.49. The van der Waals surface area contributed by atoms with E-state index in [0.29, 0.717) is 19.3 Å². The molecule has 2 N–H and O–H groups in total. The third-order valence-corrected chi connectivity index (χ3v) is 3.58. The summed E-state index contributed by atoms with van der Waals surface area (Å²) >= 11 is 0. The van der Waals surface area contributed by atoms with Gasteiger partial charge >= 0.3 is 5.97 Å². The SMILES string of the molecule is O=C(CC1CCCO1)NC1CCC(C(=O)O)C1. The molecule has 2 rings (SSSR count). The van der Waals surface area contributed by atoms with E-state index in [4.69, 9.17) is 9.84 Å².